The fourth-order valence-electron chi connectivity index (χ4n) is 3.32. The summed E-state index contributed by atoms with van der Waals surface area (Å²) in [6.45, 7) is 0. The van der Waals surface area contributed by atoms with Gasteiger partial charge in [0.1, 0.15) is 11.5 Å². The van der Waals surface area contributed by atoms with Crippen LogP contribution >= 0.6 is 7.60 Å². The Labute approximate surface area is 197 Å². The number of Topliss-reactive ketones (excluding diaryl/α,β-unsaturated/α-hetero) is 1. The van der Waals surface area contributed by atoms with E-state index in [0.29, 0.717) is 11.1 Å². The first-order chi connectivity index (χ1) is 16.5. The Morgan fingerprint density at radius 3 is 1.44 bits per heavy atom. The van der Waals surface area contributed by atoms with E-state index >= 15 is 4.39 Å². The van der Waals surface area contributed by atoms with Gasteiger partial charge in [-0.3, -0.25) is 4.79 Å². The molecule has 0 saturated carbocycles. The fourth-order valence-corrected chi connectivity index (χ4v) is 4.86. The number of allylic oxidation sites excluding steroid dienone is 1. The van der Waals surface area contributed by atoms with Gasteiger partial charge in [-0.1, -0.05) is 97.1 Å². The van der Waals surface area contributed by atoms with Gasteiger partial charge in [0, 0.05) is 17.6 Å². The van der Waals surface area contributed by atoms with Gasteiger partial charge in [-0.2, -0.15) is 4.39 Å². The van der Waals surface area contributed by atoms with Crippen molar-refractivity contribution in [3.05, 3.63) is 138 Å². The van der Waals surface area contributed by atoms with Crippen molar-refractivity contribution in [2.45, 2.75) is 6.42 Å². The molecule has 4 aromatic carbocycles. The maximum Gasteiger partial charge on any atom is 0.491 e. The Kier molecular flexibility index (Phi) is 7.36. The second-order valence-corrected chi connectivity index (χ2v) is 9.16. The largest absolute Gasteiger partial charge is 0.491 e. The third-order valence-electron chi connectivity index (χ3n) is 4.98. The summed E-state index contributed by atoms with van der Waals surface area (Å²) >= 11 is 0. The second-order valence-electron chi connectivity index (χ2n) is 7.41. The van der Waals surface area contributed by atoms with Crippen LogP contribution in [0.4, 0.5) is 4.39 Å². The lowest BCUT2D eigenvalue weighted by Crippen LogP contribution is -2.07. The lowest BCUT2D eigenvalue weighted by Gasteiger charge is -2.21. The molecule has 34 heavy (non-hydrogen) atoms. The van der Waals surface area contributed by atoms with Crippen LogP contribution in [-0.2, 0) is 4.57 Å². The third kappa shape index (κ3) is 5.69. The van der Waals surface area contributed by atoms with Crippen molar-refractivity contribution in [3.8, 4) is 11.5 Å². The number of benzene rings is 4. The zero-order valence-corrected chi connectivity index (χ0v) is 19.1. The van der Waals surface area contributed by atoms with E-state index in [1.165, 1.54) is 0 Å². The molecule has 0 fully saturated rings. The van der Waals surface area contributed by atoms with Gasteiger partial charge in [0.05, 0.1) is 0 Å². The van der Waals surface area contributed by atoms with Gasteiger partial charge in [-0.15, -0.1) is 0 Å². The number of halogens is 1. The molecule has 6 heteroatoms. The average molecular weight is 472 g/mol. The first-order valence-corrected chi connectivity index (χ1v) is 12.2. The SMILES string of the molecule is O=C(C/C(=C(/F)P(=O)(Oc1ccccc1)Oc1ccccc1)c1ccccc1)c1ccccc1. The summed E-state index contributed by atoms with van der Waals surface area (Å²) in [5.41, 5.74) is -0.329. The summed E-state index contributed by atoms with van der Waals surface area (Å²) < 4.78 is 41.6. The van der Waals surface area contributed by atoms with E-state index in [0.717, 1.165) is 0 Å². The summed E-state index contributed by atoms with van der Waals surface area (Å²) in [4.78, 5) is 13.0. The molecule has 170 valence electrons. The predicted octanol–water partition coefficient (Wildman–Crippen LogP) is 7.95. The van der Waals surface area contributed by atoms with Gasteiger partial charge < -0.3 is 9.05 Å². The Hall–Kier alpha value is -3.95. The Morgan fingerprint density at radius 1 is 0.618 bits per heavy atom. The molecule has 4 aromatic rings. The second kappa shape index (κ2) is 10.8. The van der Waals surface area contributed by atoms with Crippen LogP contribution in [0.15, 0.2) is 127 Å². The molecule has 0 aliphatic rings. The van der Waals surface area contributed by atoms with Gasteiger partial charge in [0.15, 0.2) is 5.78 Å². The maximum absolute atomic E-state index is 16.3. The standard InChI is InChI=1S/C28H22FO4P/c29-28(26(22-13-5-1-6-14-22)21-27(30)23-15-7-2-8-16-23)34(31,32-24-17-9-3-10-18-24)33-25-19-11-4-12-20-25/h1-20H,21H2/b28-26+. The lowest BCUT2D eigenvalue weighted by molar-refractivity contribution is 0.0998. The number of rotatable bonds is 9. The molecule has 0 spiro atoms. The lowest BCUT2D eigenvalue weighted by atomic mass is 9.98. The van der Waals surface area contributed by atoms with Crippen molar-refractivity contribution in [3.63, 3.8) is 0 Å². The first kappa shape index (κ1) is 23.2. The van der Waals surface area contributed by atoms with Crippen LogP contribution in [0.1, 0.15) is 22.3 Å². The highest BCUT2D eigenvalue weighted by molar-refractivity contribution is 7.59. The summed E-state index contributed by atoms with van der Waals surface area (Å²) in [5, 5.41) is 0. The molecule has 0 atom stereocenters. The first-order valence-electron chi connectivity index (χ1n) is 10.7. The van der Waals surface area contributed by atoms with Crippen molar-refractivity contribution in [1.29, 1.82) is 0 Å². The van der Waals surface area contributed by atoms with Crippen molar-refractivity contribution in [2.24, 2.45) is 0 Å². The molecule has 0 aromatic heterocycles. The molecule has 4 rings (SSSR count). The highest BCUT2D eigenvalue weighted by atomic mass is 31.2. The van der Waals surface area contributed by atoms with E-state index in [1.807, 2.05) is 0 Å². The minimum Gasteiger partial charge on any atom is -0.411 e. The molecule has 0 aliphatic carbocycles. The zero-order chi connectivity index (χ0) is 23.8. The van der Waals surface area contributed by atoms with E-state index < -0.39 is 13.2 Å². The third-order valence-corrected chi connectivity index (χ3v) is 6.64. The molecule has 0 unspecified atom stereocenters. The van der Waals surface area contributed by atoms with Crippen LogP contribution in [-0.4, -0.2) is 5.78 Å². The summed E-state index contributed by atoms with van der Waals surface area (Å²) in [7, 11) is -4.56. The van der Waals surface area contributed by atoms with Crippen molar-refractivity contribution >= 4 is 19.0 Å². The number of ketones is 1. The molecular weight excluding hydrogens is 450 g/mol. The van der Waals surface area contributed by atoms with Crippen molar-refractivity contribution < 1.29 is 22.8 Å². The van der Waals surface area contributed by atoms with Crippen LogP contribution in [0.5, 0.6) is 11.5 Å². The number of carbonyl (C=O) groups excluding carboxylic acids is 1. The molecule has 0 aliphatic heterocycles. The number of carbonyl (C=O) groups is 1. The number of para-hydroxylation sites is 2. The van der Waals surface area contributed by atoms with Gasteiger partial charge in [0.2, 0.25) is 5.57 Å². The average Bonchev–Trinajstić information content (AvgIpc) is 2.89. The normalized spacial score (nSPS) is 11.9. The Balaban J connectivity index is 1.81. The van der Waals surface area contributed by atoms with Gasteiger partial charge in [0.25, 0.3) is 0 Å². The van der Waals surface area contributed by atoms with Crippen LogP contribution < -0.4 is 9.05 Å². The molecule has 4 nitrogen and oxygen atoms in total. The number of hydrogen-bond acceptors (Lipinski definition) is 4. The number of hydrogen-bond donors (Lipinski definition) is 0. The van der Waals surface area contributed by atoms with E-state index in [2.05, 4.69) is 0 Å². The molecule has 0 radical (unpaired) electrons. The smallest absolute Gasteiger partial charge is 0.411 e. The summed E-state index contributed by atoms with van der Waals surface area (Å²) in [6.07, 6.45) is -0.319. The van der Waals surface area contributed by atoms with E-state index in [9.17, 15) is 9.36 Å². The quantitative estimate of drug-likeness (QED) is 0.183. The summed E-state index contributed by atoms with van der Waals surface area (Å²) in [6, 6.07) is 33.6. The van der Waals surface area contributed by atoms with Gasteiger partial charge in [-0.25, -0.2) is 4.57 Å². The van der Waals surface area contributed by atoms with Crippen LogP contribution in [0.25, 0.3) is 5.57 Å². The van der Waals surface area contributed by atoms with Gasteiger partial charge in [-0.05, 0) is 29.8 Å². The molecule has 0 N–H and O–H groups in total. The van der Waals surface area contributed by atoms with Crippen LogP contribution in [0.3, 0.4) is 0 Å². The Bertz CT molecular complexity index is 1260. The minimum atomic E-state index is -4.56. The van der Waals surface area contributed by atoms with Crippen molar-refractivity contribution in [1.82, 2.24) is 0 Å². The highest BCUT2D eigenvalue weighted by Gasteiger charge is 2.38. The van der Waals surface area contributed by atoms with Crippen LogP contribution in [0.2, 0.25) is 0 Å². The van der Waals surface area contributed by atoms with E-state index in [-0.39, 0.29) is 29.3 Å². The minimum absolute atomic E-state index is 0.0513. The highest BCUT2D eigenvalue weighted by Crippen LogP contribution is 2.58. The maximum atomic E-state index is 16.3. The Morgan fingerprint density at radius 2 is 1.00 bits per heavy atom. The molecule has 0 amide bonds. The zero-order valence-electron chi connectivity index (χ0n) is 18.2. The van der Waals surface area contributed by atoms with E-state index in [4.69, 9.17) is 9.05 Å². The van der Waals surface area contributed by atoms with Crippen LogP contribution in [0, 0.1) is 0 Å². The van der Waals surface area contributed by atoms with Gasteiger partial charge >= 0.3 is 7.60 Å². The molecule has 0 bridgehead atoms. The fraction of sp³-hybridized carbons (Fsp3) is 0.0357. The van der Waals surface area contributed by atoms with E-state index in [1.54, 1.807) is 121 Å². The molecule has 0 heterocycles. The molecular formula is C28H22FO4P. The topological polar surface area (TPSA) is 52.6 Å². The van der Waals surface area contributed by atoms with Crippen molar-refractivity contribution in [2.75, 3.05) is 0 Å². The summed E-state index contributed by atoms with van der Waals surface area (Å²) in [5.74, 6) is 0.0398. The molecule has 0 saturated heterocycles. The monoisotopic (exact) mass is 472 g/mol. The predicted molar refractivity (Wildman–Crippen MR) is 132 cm³/mol.